The van der Waals surface area contributed by atoms with Crippen LogP contribution in [0.2, 0.25) is 0 Å². The first-order valence-electron chi connectivity index (χ1n) is 4.21. The summed E-state index contributed by atoms with van der Waals surface area (Å²) in [6.45, 7) is 0. The van der Waals surface area contributed by atoms with Crippen molar-refractivity contribution in [2.75, 3.05) is 5.32 Å². The topological polar surface area (TPSA) is 63.8 Å². The summed E-state index contributed by atoms with van der Waals surface area (Å²) in [6.07, 6.45) is 0. The lowest BCUT2D eigenvalue weighted by Crippen LogP contribution is -2.19. The molecule has 0 unspecified atom stereocenters. The smallest absolute Gasteiger partial charge is 0.241 e. The summed E-state index contributed by atoms with van der Waals surface area (Å²) in [7, 11) is 0. The number of nitrogens with one attached hydrogen (secondary N) is 1. The van der Waals surface area contributed by atoms with Crippen LogP contribution in [0.1, 0.15) is 0 Å². The molecule has 0 aliphatic rings. The molecule has 0 fully saturated rings. The van der Waals surface area contributed by atoms with E-state index in [4.69, 9.17) is 18.0 Å². The number of benzene rings is 1. The summed E-state index contributed by atoms with van der Waals surface area (Å²) in [5, 5.41) is 3.71. The van der Waals surface area contributed by atoms with Gasteiger partial charge in [-0.2, -0.15) is 9.36 Å². The normalized spacial score (nSPS) is 9.87. The third-order valence-corrected chi connectivity index (χ3v) is 2.55. The van der Waals surface area contributed by atoms with Gasteiger partial charge in [0.05, 0.1) is 0 Å². The van der Waals surface area contributed by atoms with E-state index in [0.717, 1.165) is 10.6 Å². The first-order chi connectivity index (χ1) is 7.25. The van der Waals surface area contributed by atoms with Crippen molar-refractivity contribution in [3.8, 4) is 10.6 Å². The maximum atomic E-state index is 5.32. The van der Waals surface area contributed by atoms with E-state index in [2.05, 4.69) is 14.7 Å². The van der Waals surface area contributed by atoms with Gasteiger partial charge >= 0.3 is 0 Å². The van der Waals surface area contributed by atoms with Gasteiger partial charge in [0.15, 0.2) is 5.11 Å². The molecule has 2 aromatic rings. The molecule has 1 heterocycles. The molecular weight excluding hydrogens is 228 g/mol. The molecule has 2 rings (SSSR count). The van der Waals surface area contributed by atoms with Crippen molar-refractivity contribution >= 4 is 34.8 Å². The first kappa shape index (κ1) is 10.0. The number of rotatable bonds is 2. The van der Waals surface area contributed by atoms with Crippen LogP contribution in [0.5, 0.6) is 0 Å². The van der Waals surface area contributed by atoms with Crippen molar-refractivity contribution < 1.29 is 0 Å². The summed E-state index contributed by atoms with van der Waals surface area (Å²) < 4.78 is 4.08. The van der Waals surface area contributed by atoms with E-state index in [9.17, 15) is 0 Å². The van der Waals surface area contributed by atoms with Crippen LogP contribution in [0.4, 0.5) is 5.95 Å². The summed E-state index contributed by atoms with van der Waals surface area (Å²) in [5.41, 5.74) is 6.35. The number of aromatic nitrogens is 2. The number of hydrogen-bond acceptors (Lipinski definition) is 4. The molecule has 0 aliphatic carbocycles. The average molecular weight is 236 g/mol. The Bertz CT molecular complexity index is 466. The highest BCUT2D eigenvalue weighted by Gasteiger charge is 2.05. The Labute approximate surface area is 96.3 Å². The number of thiocarbonyl (C=S) groups is 1. The number of anilines is 1. The van der Waals surface area contributed by atoms with E-state index in [1.165, 1.54) is 11.5 Å². The van der Waals surface area contributed by atoms with Gasteiger partial charge < -0.3 is 11.1 Å². The van der Waals surface area contributed by atoms with Gasteiger partial charge in [-0.3, -0.25) is 0 Å². The third kappa shape index (κ3) is 2.48. The fourth-order valence-electron chi connectivity index (χ4n) is 1.08. The van der Waals surface area contributed by atoms with Crippen LogP contribution in [0.15, 0.2) is 30.3 Å². The van der Waals surface area contributed by atoms with E-state index in [1.807, 2.05) is 30.3 Å². The number of nitrogens with zero attached hydrogens (tertiary/aromatic N) is 2. The summed E-state index contributed by atoms with van der Waals surface area (Å²) >= 11 is 6.00. The highest BCUT2D eigenvalue weighted by molar-refractivity contribution is 7.80. The van der Waals surface area contributed by atoms with Gasteiger partial charge in [0.1, 0.15) is 5.01 Å². The predicted octanol–water partition coefficient (Wildman–Crippen LogP) is 1.86. The van der Waals surface area contributed by atoms with Gasteiger partial charge in [-0.05, 0) is 23.8 Å². The molecule has 0 saturated heterocycles. The van der Waals surface area contributed by atoms with Gasteiger partial charge in [0, 0.05) is 5.56 Å². The molecule has 1 aromatic carbocycles. The minimum atomic E-state index is 0.174. The van der Waals surface area contributed by atoms with Crippen molar-refractivity contribution in [2.24, 2.45) is 5.73 Å². The Morgan fingerprint density at radius 3 is 2.73 bits per heavy atom. The molecular formula is C9H8N4S2. The van der Waals surface area contributed by atoms with Gasteiger partial charge in [-0.25, -0.2) is 0 Å². The summed E-state index contributed by atoms with van der Waals surface area (Å²) in [6, 6.07) is 9.82. The van der Waals surface area contributed by atoms with E-state index < -0.39 is 0 Å². The second-order valence-corrected chi connectivity index (χ2v) is 3.97. The molecule has 0 aliphatic heterocycles. The van der Waals surface area contributed by atoms with Gasteiger partial charge in [0.2, 0.25) is 5.95 Å². The molecule has 1 aromatic heterocycles. The SMILES string of the molecule is NC(=S)Nc1nsc(-c2ccccc2)n1. The molecule has 0 saturated carbocycles. The zero-order chi connectivity index (χ0) is 10.7. The number of nitrogens with two attached hydrogens (primary N) is 1. The maximum Gasteiger partial charge on any atom is 0.241 e. The van der Waals surface area contributed by atoms with E-state index in [0.29, 0.717) is 5.95 Å². The lowest BCUT2D eigenvalue weighted by molar-refractivity contribution is 1.32. The van der Waals surface area contributed by atoms with Crippen LogP contribution in [0, 0.1) is 0 Å². The van der Waals surface area contributed by atoms with Crippen molar-refractivity contribution in [3.05, 3.63) is 30.3 Å². The average Bonchev–Trinajstić information content (AvgIpc) is 2.67. The molecule has 4 nitrogen and oxygen atoms in total. The highest BCUT2D eigenvalue weighted by atomic mass is 32.1. The second-order valence-electron chi connectivity index (χ2n) is 2.78. The largest absolute Gasteiger partial charge is 0.376 e. The molecule has 6 heteroatoms. The Hall–Kier alpha value is -1.53. The van der Waals surface area contributed by atoms with E-state index in [1.54, 1.807) is 0 Å². The zero-order valence-electron chi connectivity index (χ0n) is 7.68. The molecule has 0 atom stereocenters. The molecule has 0 amide bonds. The van der Waals surface area contributed by atoms with Crippen molar-refractivity contribution in [1.82, 2.24) is 9.36 Å². The molecule has 76 valence electrons. The Morgan fingerprint density at radius 1 is 1.33 bits per heavy atom. The lowest BCUT2D eigenvalue weighted by Gasteiger charge is -1.95. The van der Waals surface area contributed by atoms with E-state index >= 15 is 0 Å². The molecule has 0 spiro atoms. The van der Waals surface area contributed by atoms with E-state index in [-0.39, 0.29) is 5.11 Å². The summed E-state index contributed by atoms with van der Waals surface area (Å²) in [4.78, 5) is 4.25. The Kier molecular flexibility index (Phi) is 2.89. The second kappa shape index (κ2) is 4.33. The van der Waals surface area contributed by atoms with Crippen LogP contribution < -0.4 is 11.1 Å². The van der Waals surface area contributed by atoms with Gasteiger partial charge in [-0.1, -0.05) is 30.3 Å². The van der Waals surface area contributed by atoms with Crippen LogP contribution in [0.3, 0.4) is 0 Å². The standard InChI is InChI=1S/C9H8N4S2/c10-8(14)12-9-11-7(15-13-9)6-4-2-1-3-5-6/h1-5H,(H3,10,12,13,14). The van der Waals surface area contributed by atoms with Crippen LogP contribution in [-0.2, 0) is 0 Å². The molecule has 3 N–H and O–H groups in total. The summed E-state index contributed by atoms with van der Waals surface area (Å²) in [5.74, 6) is 0.450. The predicted molar refractivity (Wildman–Crippen MR) is 65.8 cm³/mol. The Balaban J connectivity index is 2.24. The van der Waals surface area contributed by atoms with Crippen LogP contribution >= 0.6 is 23.8 Å². The number of hydrogen-bond donors (Lipinski definition) is 2. The fourth-order valence-corrected chi connectivity index (χ4v) is 1.80. The Morgan fingerprint density at radius 2 is 2.07 bits per heavy atom. The quantitative estimate of drug-likeness (QED) is 0.779. The molecule has 0 bridgehead atoms. The van der Waals surface area contributed by atoms with Crippen molar-refractivity contribution in [2.45, 2.75) is 0 Å². The highest BCUT2D eigenvalue weighted by Crippen LogP contribution is 2.22. The van der Waals surface area contributed by atoms with Gasteiger partial charge in [0.25, 0.3) is 0 Å². The third-order valence-electron chi connectivity index (χ3n) is 1.68. The van der Waals surface area contributed by atoms with Crippen LogP contribution in [0.25, 0.3) is 10.6 Å². The monoisotopic (exact) mass is 236 g/mol. The minimum Gasteiger partial charge on any atom is -0.376 e. The zero-order valence-corrected chi connectivity index (χ0v) is 9.31. The molecule has 0 radical (unpaired) electrons. The lowest BCUT2D eigenvalue weighted by atomic mass is 10.2. The van der Waals surface area contributed by atoms with Crippen LogP contribution in [-0.4, -0.2) is 14.5 Å². The maximum absolute atomic E-state index is 5.32. The van der Waals surface area contributed by atoms with Gasteiger partial charge in [-0.15, -0.1) is 0 Å². The molecule has 15 heavy (non-hydrogen) atoms. The first-order valence-corrected chi connectivity index (χ1v) is 5.39. The minimum absolute atomic E-state index is 0.174. The fraction of sp³-hybridized carbons (Fsp3) is 0. The van der Waals surface area contributed by atoms with Crippen molar-refractivity contribution in [1.29, 1.82) is 0 Å². The van der Waals surface area contributed by atoms with Crippen molar-refractivity contribution in [3.63, 3.8) is 0 Å².